The van der Waals surface area contributed by atoms with Crippen LogP contribution in [0.1, 0.15) is 52.9 Å². The predicted octanol–water partition coefficient (Wildman–Crippen LogP) is 3.50. The van der Waals surface area contributed by atoms with E-state index in [2.05, 4.69) is 41.5 Å². The summed E-state index contributed by atoms with van der Waals surface area (Å²) in [7, 11) is 0. The Labute approximate surface area is 175 Å². The number of hydrogen-bond acceptors (Lipinski definition) is 5. The monoisotopic (exact) mass is 406 g/mol. The number of nitrogens with one attached hydrogen (secondary N) is 2. The van der Waals surface area contributed by atoms with Crippen LogP contribution in [0, 0.1) is 6.92 Å². The van der Waals surface area contributed by atoms with Crippen LogP contribution in [0.3, 0.4) is 0 Å². The fourth-order valence-electron chi connectivity index (χ4n) is 2.87. The molecule has 7 nitrogen and oxygen atoms in total. The molecule has 0 bridgehead atoms. The standard InChI is InChI=1S/C23H26N4O3/c1-15-6-5-7-17(14-15)19-26-22(30-27-19)21(29)25-13-12-24-20(28)16-8-10-18(11-9-16)23(2,3)4/h5-11,14H,12-13H2,1-4H3,(H,24,28)(H,25,29). The summed E-state index contributed by atoms with van der Waals surface area (Å²) in [5.74, 6) is -0.430. The van der Waals surface area contributed by atoms with Crippen LogP contribution in [0.15, 0.2) is 53.1 Å². The van der Waals surface area contributed by atoms with E-state index in [-0.39, 0.29) is 30.3 Å². The minimum Gasteiger partial charge on any atom is -0.350 e. The van der Waals surface area contributed by atoms with Gasteiger partial charge in [-0.25, -0.2) is 0 Å². The Morgan fingerprint density at radius 3 is 2.27 bits per heavy atom. The molecule has 0 aliphatic rings. The van der Waals surface area contributed by atoms with E-state index in [1.807, 2.05) is 43.3 Å². The van der Waals surface area contributed by atoms with E-state index in [0.717, 1.165) is 16.7 Å². The third-order valence-corrected chi connectivity index (χ3v) is 4.61. The smallest absolute Gasteiger partial charge is 0.316 e. The number of rotatable bonds is 6. The average molecular weight is 406 g/mol. The van der Waals surface area contributed by atoms with Crippen LogP contribution in [0.25, 0.3) is 11.4 Å². The van der Waals surface area contributed by atoms with Gasteiger partial charge in [-0.1, -0.05) is 61.8 Å². The van der Waals surface area contributed by atoms with Crippen molar-refractivity contribution in [3.8, 4) is 11.4 Å². The molecular formula is C23H26N4O3. The highest BCUT2D eigenvalue weighted by Crippen LogP contribution is 2.22. The second-order valence-electron chi connectivity index (χ2n) is 8.13. The first kappa shape index (κ1) is 21.2. The Bertz CT molecular complexity index is 1030. The van der Waals surface area contributed by atoms with Gasteiger partial charge in [-0.2, -0.15) is 4.98 Å². The molecule has 2 N–H and O–H groups in total. The number of carbonyl (C=O) groups excluding carboxylic acids is 2. The van der Waals surface area contributed by atoms with Crippen molar-refractivity contribution >= 4 is 11.8 Å². The Balaban J connectivity index is 1.47. The zero-order chi connectivity index (χ0) is 21.7. The van der Waals surface area contributed by atoms with Gasteiger partial charge in [0.1, 0.15) is 0 Å². The summed E-state index contributed by atoms with van der Waals surface area (Å²) < 4.78 is 5.05. The maximum absolute atomic E-state index is 12.2. The van der Waals surface area contributed by atoms with Crippen molar-refractivity contribution in [2.24, 2.45) is 0 Å². The lowest BCUT2D eigenvalue weighted by Crippen LogP contribution is -2.34. The quantitative estimate of drug-likeness (QED) is 0.611. The van der Waals surface area contributed by atoms with Gasteiger partial charge in [0, 0.05) is 24.2 Å². The lowest BCUT2D eigenvalue weighted by atomic mass is 9.87. The highest BCUT2D eigenvalue weighted by atomic mass is 16.5. The molecule has 1 heterocycles. The van der Waals surface area contributed by atoms with E-state index >= 15 is 0 Å². The number of aromatic nitrogens is 2. The van der Waals surface area contributed by atoms with Gasteiger partial charge in [0.2, 0.25) is 5.82 Å². The molecule has 3 aromatic rings. The molecule has 0 spiro atoms. The number of carbonyl (C=O) groups is 2. The second-order valence-corrected chi connectivity index (χ2v) is 8.13. The molecular weight excluding hydrogens is 380 g/mol. The fraction of sp³-hybridized carbons (Fsp3) is 0.304. The summed E-state index contributed by atoms with van der Waals surface area (Å²) in [6, 6.07) is 15.1. The van der Waals surface area contributed by atoms with Crippen LogP contribution >= 0.6 is 0 Å². The van der Waals surface area contributed by atoms with Crippen molar-refractivity contribution < 1.29 is 14.1 Å². The number of aryl methyl sites for hydroxylation is 1. The molecule has 0 fully saturated rings. The van der Waals surface area contributed by atoms with Crippen LogP contribution in [0.2, 0.25) is 0 Å². The highest BCUT2D eigenvalue weighted by molar-refractivity contribution is 5.94. The maximum atomic E-state index is 12.2. The first-order valence-corrected chi connectivity index (χ1v) is 9.82. The highest BCUT2D eigenvalue weighted by Gasteiger charge is 2.16. The summed E-state index contributed by atoms with van der Waals surface area (Å²) in [4.78, 5) is 28.6. The molecule has 0 radical (unpaired) electrons. The fourth-order valence-corrected chi connectivity index (χ4v) is 2.87. The van der Waals surface area contributed by atoms with Crippen LogP contribution in [-0.4, -0.2) is 35.0 Å². The van der Waals surface area contributed by atoms with E-state index in [1.54, 1.807) is 12.1 Å². The van der Waals surface area contributed by atoms with Crippen LogP contribution in [-0.2, 0) is 5.41 Å². The molecule has 30 heavy (non-hydrogen) atoms. The molecule has 0 saturated heterocycles. The number of benzene rings is 2. The summed E-state index contributed by atoms with van der Waals surface area (Å²) in [5.41, 5.74) is 3.62. The van der Waals surface area contributed by atoms with Gasteiger partial charge in [-0.05, 0) is 36.1 Å². The molecule has 0 atom stereocenters. The summed E-state index contributed by atoms with van der Waals surface area (Å²) in [5, 5.41) is 9.29. The second kappa shape index (κ2) is 8.90. The largest absolute Gasteiger partial charge is 0.350 e. The van der Waals surface area contributed by atoms with E-state index in [9.17, 15) is 9.59 Å². The topological polar surface area (TPSA) is 97.1 Å². The van der Waals surface area contributed by atoms with Gasteiger partial charge >= 0.3 is 11.8 Å². The zero-order valence-corrected chi connectivity index (χ0v) is 17.7. The molecule has 0 saturated carbocycles. The molecule has 2 aromatic carbocycles. The van der Waals surface area contributed by atoms with Crippen molar-refractivity contribution in [3.05, 3.63) is 71.1 Å². The maximum Gasteiger partial charge on any atom is 0.316 e. The first-order valence-electron chi connectivity index (χ1n) is 9.82. The molecule has 156 valence electrons. The minimum absolute atomic E-state index is 0.0350. The summed E-state index contributed by atoms with van der Waals surface area (Å²) in [6.45, 7) is 8.86. The molecule has 1 aromatic heterocycles. The van der Waals surface area contributed by atoms with Crippen LogP contribution in [0.5, 0.6) is 0 Å². The van der Waals surface area contributed by atoms with Gasteiger partial charge in [-0.3, -0.25) is 9.59 Å². The van der Waals surface area contributed by atoms with Crippen LogP contribution in [0.4, 0.5) is 0 Å². The lowest BCUT2D eigenvalue weighted by molar-refractivity contribution is 0.0898. The Morgan fingerprint density at radius 2 is 1.63 bits per heavy atom. The molecule has 7 heteroatoms. The first-order chi connectivity index (χ1) is 14.2. The third-order valence-electron chi connectivity index (χ3n) is 4.61. The van der Waals surface area contributed by atoms with Gasteiger partial charge in [0.25, 0.3) is 5.91 Å². The molecule has 0 aliphatic carbocycles. The Morgan fingerprint density at radius 1 is 0.967 bits per heavy atom. The van der Waals surface area contributed by atoms with Gasteiger partial charge in [0.05, 0.1) is 0 Å². The van der Waals surface area contributed by atoms with Crippen molar-refractivity contribution in [2.45, 2.75) is 33.1 Å². The van der Waals surface area contributed by atoms with Crippen LogP contribution < -0.4 is 10.6 Å². The summed E-state index contributed by atoms with van der Waals surface area (Å²) in [6.07, 6.45) is 0. The number of nitrogens with zero attached hydrogens (tertiary/aromatic N) is 2. The zero-order valence-electron chi connectivity index (χ0n) is 17.7. The molecule has 2 amide bonds. The Kier molecular flexibility index (Phi) is 6.30. The van der Waals surface area contributed by atoms with E-state index in [4.69, 9.17) is 4.52 Å². The Hall–Kier alpha value is -3.48. The molecule has 3 rings (SSSR count). The molecule has 0 unspecified atom stereocenters. The number of hydrogen-bond donors (Lipinski definition) is 2. The third kappa shape index (κ3) is 5.31. The van der Waals surface area contributed by atoms with Crippen molar-refractivity contribution in [2.75, 3.05) is 13.1 Å². The van der Waals surface area contributed by atoms with E-state index < -0.39 is 5.91 Å². The molecule has 0 aliphatic heterocycles. The average Bonchev–Trinajstić information content (AvgIpc) is 3.21. The van der Waals surface area contributed by atoms with E-state index in [1.165, 1.54) is 0 Å². The van der Waals surface area contributed by atoms with Crippen molar-refractivity contribution in [1.29, 1.82) is 0 Å². The number of amides is 2. The van der Waals surface area contributed by atoms with Crippen molar-refractivity contribution in [3.63, 3.8) is 0 Å². The minimum atomic E-state index is -0.481. The summed E-state index contributed by atoms with van der Waals surface area (Å²) >= 11 is 0. The lowest BCUT2D eigenvalue weighted by Gasteiger charge is -2.19. The SMILES string of the molecule is Cc1cccc(-c2noc(C(=O)NCCNC(=O)c3ccc(C(C)(C)C)cc3)n2)c1. The van der Waals surface area contributed by atoms with Gasteiger partial charge in [-0.15, -0.1) is 0 Å². The van der Waals surface area contributed by atoms with Crippen molar-refractivity contribution in [1.82, 2.24) is 20.8 Å². The predicted molar refractivity (Wildman–Crippen MR) is 114 cm³/mol. The van der Waals surface area contributed by atoms with Gasteiger partial charge < -0.3 is 15.2 Å². The van der Waals surface area contributed by atoms with Gasteiger partial charge in [0.15, 0.2) is 0 Å². The van der Waals surface area contributed by atoms with E-state index in [0.29, 0.717) is 11.4 Å². The normalized spacial score (nSPS) is 11.2.